The minimum atomic E-state index is -0.180. The molecule has 1 aromatic rings. The lowest BCUT2D eigenvalue weighted by Gasteiger charge is -2.33. The third-order valence-corrected chi connectivity index (χ3v) is 4.26. The lowest BCUT2D eigenvalue weighted by atomic mass is 9.87. The molecule has 0 heterocycles. The van der Waals surface area contributed by atoms with Crippen LogP contribution >= 0.6 is 0 Å². The third kappa shape index (κ3) is 3.38. The number of hydrogen-bond donors (Lipinski definition) is 1. The van der Waals surface area contributed by atoms with Crippen LogP contribution in [0.5, 0.6) is 0 Å². The average molecular weight is 276 g/mol. The van der Waals surface area contributed by atoms with Crippen molar-refractivity contribution in [3.63, 3.8) is 0 Å². The van der Waals surface area contributed by atoms with E-state index in [0.29, 0.717) is 13.0 Å². The van der Waals surface area contributed by atoms with Crippen LogP contribution in [0.1, 0.15) is 24.0 Å². The van der Waals surface area contributed by atoms with Gasteiger partial charge in [0.25, 0.3) is 0 Å². The number of rotatable bonds is 5. The number of fused-ring (bicyclic) bond motifs is 1. The number of aryl methyl sites for hydroxylation is 1. The van der Waals surface area contributed by atoms with Gasteiger partial charge in [0.15, 0.2) is 0 Å². The maximum Gasteiger partial charge on any atom is 0.225 e. The Kier molecular flexibility index (Phi) is 5.15. The molecular weight excluding hydrogens is 252 g/mol. The Bertz CT molecular complexity index is 458. The van der Waals surface area contributed by atoms with Gasteiger partial charge in [-0.2, -0.15) is 0 Å². The van der Waals surface area contributed by atoms with E-state index in [1.165, 1.54) is 11.1 Å². The van der Waals surface area contributed by atoms with Gasteiger partial charge >= 0.3 is 0 Å². The number of hydrogen-bond acceptors (Lipinski definition) is 3. The van der Waals surface area contributed by atoms with Gasteiger partial charge in [-0.1, -0.05) is 24.3 Å². The first kappa shape index (κ1) is 15.0. The van der Waals surface area contributed by atoms with Crippen LogP contribution < -0.4 is 5.73 Å². The number of likely N-dealkylation sites (N-methyl/N-ethyl adjacent to an activating group) is 1. The predicted octanol–water partition coefficient (Wildman–Crippen LogP) is 1.37. The molecule has 2 N–H and O–H groups in total. The number of benzene rings is 1. The molecule has 0 saturated heterocycles. The van der Waals surface area contributed by atoms with Crippen molar-refractivity contribution in [2.75, 3.05) is 20.7 Å². The fourth-order valence-corrected chi connectivity index (χ4v) is 2.81. The Hall–Kier alpha value is -1.39. The molecule has 4 heteroatoms. The molecule has 0 bridgehead atoms. The Morgan fingerprint density at radius 1 is 1.45 bits per heavy atom. The first-order chi connectivity index (χ1) is 9.65. The quantitative estimate of drug-likeness (QED) is 0.883. The fourth-order valence-electron chi connectivity index (χ4n) is 2.81. The Labute approximate surface area is 120 Å². The van der Waals surface area contributed by atoms with E-state index in [2.05, 4.69) is 24.3 Å². The van der Waals surface area contributed by atoms with Crippen molar-refractivity contribution in [3.8, 4) is 0 Å². The minimum absolute atomic E-state index is 0.117. The van der Waals surface area contributed by atoms with E-state index >= 15 is 0 Å². The van der Waals surface area contributed by atoms with Crippen LogP contribution in [0.3, 0.4) is 0 Å². The summed E-state index contributed by atoms with van der Waals surface area (Å²) in [6.45, 7) is 0.379. The molecule has 1 aliphatic carbocycles. The topological polar surface area (TPSA) is 55.6 Å². The second-order valence-corrected chi connectivity index (χ2v) is 5.47. The SMILES string of the molecule is CO[C@H](CN)CC(=O)N(C)[C@H]1CCc2ccccc2C1. The highest BCUT2D eigenvalue weighted by molar-refractivity contribution is 5.76. The summed E-state index contributed by atoms with van der Waals surface area (Å²) in [5, 5.41) is 0. The van der Waals surface area contributed by atoms with Crippen LogP contribution in [0.15, 0.2) is 24.3 Å². The van der Waals surface area contributed by atoms with Crippen LogP contribution in [0.4, 0.5) is 0 Å². The highest BCUT2D eigenvalue weighted by Gasteiger charge is 2.26. The van der Waals surface area contributed by atoms with E-state index in [9.17, 15) is 4.79 Å². The predicted molar refractivity (Wildman–Crippen MR) is 79.5 cm³/mol. The number of amides is 1. The van der Waals surface area contributed by atoms with Crippen molar-refractivity contribution in [2.45, 2.75) is 37.8 Å². The van der Waals surface area contributed by atoms with E-state index in [0.717, 1.165) is 19.3 Å². The molecule has 1 aliphatic rings. The van der Waals surface area contributed by atoms with Crippen molar-refractivity contribution in [1.82, 2.24) is 4.90 Å². The fraction of sp³-hybridized carbons (Fsp3) is 0.562. The number of carbonyl (C=O) groups excluding carboxylic acids is 1. The molecule has 0 fully saturated rings. The zero-order valence-corrected chi connectivity index (χ0v) is 12.3. The van der Waals surface area contributed by atoms with Gasteiger partial charge in [-0.05, 0) is 30.4 Å². The molecule has 2 rings (SSSR count). The maximum atomic E-state index is 12.3. The normalized spacial score (nSPS) is 19.2. The molecule has 20 heavy (non-hydrogen) atoms. The molecule has 0 aromatic heterocycles. The van der Waals surface area contributed by atoms with E-state index in [-0.39, 0.29) is 18.1 Å². The average Bonchev–Trinajstić information content (AvgIpc) is 2.51. The maximum absolute atomic E-state index is 12.3. The Morgan fingerprint density at radius 2 is 2.15 bits per heavy atom. The first-order valence-electron chi connectivity index (χ1n) is 7.21. The minimum Gasteiger partial charge on any atom is -0.380 e. The summed E-state index contributed by atoms with van der Waals surface area (Å²) >= 11 is 0. The summed E-state index contributed by atoms with van der Waals surface area (Å²) in [4.78, 5) is 14.1. The molecule has 0 unspecified atom stereocenters. The van der Waals surface area contributed by atoms with Gasteiger partial charge in [0, 0.05) is 26.7 Å². The number of ether oxygens (including phenoxy) is 1. The first-order valence-corrected chi connectivity index (χ1v) is 7.21. The molecule has 2 atom stereocenters. The second-order valence-electron chi connectivity index (χ2n) is 5.47. The number of carbonyl (C=O) groups is 1. The standard InChI is InChI=1S/C16H24N2O2/c1-18(16(19)10-15(11-17)20-2)14-8-7-12-5-3-4-6-13(12)9-14/h3-6,14-15H,7-11,17H2,1-2H3/t14-,15-/m0/s1. The van der Waals surface area contributed by atoms with Gasteiger partial charge in [0.2, 0.25) is 5.91 Å². The molecule has 110 valence electrons. The van der Waals surface area contributed by atoms with Crippen molar-refractivity contribution < 1.29 is 9.53 Å². The van der Waals surface area contributed by atoms with E-state index in [1.807, 2.05) is 11.9 Å². The summed E-state index contributed by atoms with van der Waals surface area (Å²) in [6, 6.07) is 8.78. The largest absolute Gasteiger partial charge is 0.380 e. The summed E-state index contributed by atoms with van der Waals surface area (Å²) < 4.78 is 5.19. The monoisotopic (exact) mass is 276 g/mol. The molecule has 1 amide bonds. The summed E-state index contributed by atoms with van der Waals surface area (Å²) in [7, 11) is 3.49. The van der Waals surface area contributed by atoms with Crippen molar-refractivity contribution in [2.24, 2.45) is 5.73 Å². The molecule has 0 saturated carbocycles. The van der Waals surface area contributed by atoms with Gasteiger partial charge in [0.05, 0.1) is 12.5 Å². The second kappa shape index (κ2) is 6.86. The lowest BCUT2D eigenvalue weighted by molar-refractivity contribution is -0.134. The summed E-state index contributed by atoms with van der Waals surface area (Å²) in [5.41, 5.74) is 8.36. The molecular formula is C16H24N2O2. The zero-order chi connectivity index (χ0) is 14.5. The van der Waals surface area contributed by atoms with E-state index in [4.69, 9.17) is 10.5 Å². The lowest BCUT2D eigenvalue weighted by Crippen LogP contribution is -2.42. The number of nitrogens with two attached hydrogens (primary N) is 1. The molecule has 0 aliphatic heterocycles. The number of nitrogens with zero attached hydrogens (tertiary/aromatic N) is 1. The van der Waals surface area contributed by atoms with Gasteiger partial charge in [-0.25, -0.2) is 0 Å². The van der Waals surface area contributed by atoms with E-state index in [1.54, 1.807) is 7.11 Å². The molecule has 1 aromatic carbocycles. The van der Waals surface area contributed by atoms with Crippen molar-refractivity contribution >= 4 is 5.91 Å². The summed E-state index contributed by atoms with van der Waals surface area (Å²) in [5.74, 6) is 0.117. The van der Waals surface area contributed by atoms with Crippen molar-refractivity contribution in [3.05, 3.63) is 35.4 Å². The van der Waals surface area contributed by atoms with Gasteiger partial charge in [-0.15, -0.1) is 0 Å². The summed E-state index contributed by atoms with van der Waals surface area (Å²) in [6.07, 6.45) is 3.20. The van der Waals surface area contributed by atoms with Crippen LogP contribution in [0, 0.1) is 0 Å². The molecule has 0 radical (unpaired) electrons. The highest BCUT2D eigenvalue weighted by Crippen LogP contribution is 2.24. The van der Waals surface area contributed by atoms with Gasteiger partial charge < -0.3 is 15.4 Å². The molecule has 0 spiro atoms. The third-order valence-electron chi connectivity index (χ3n) is 4.26. The van der Waals surface area contributed by atoms with Crippen LogP contribution in [-0.2, 0) is 22.4 Å². The van der Waals surface area contributed by atoms with Crippen LogP contribution in [0.2, 0.25) is 0 Å². The van der Waals surface area contributed by atoms with Crippen molar-refractivity contribution in [1.29, 1.82) is 0 Å². The smallest absolute Gasteiger partial charge is 0.225 e. The Morgan fingerprint density at radius 3 is 2.80 bits per heavy atom. The molecule has 4 nitrogen and oxygen atoms in total. The van der Waals surface area contributed by atoms with Gasteiger partial charge in [0.1, 0.15) is 0 Å². The zero-order valence-electron chi connectivity index (χ0n) is 12.3. The highest BCUT2D eigenvalue weighted by atomic mass is 16.5. The Balaban J connectivity index is 1.97. The van der Waals surface area contributed by atoms with Crippen LogP contribution in [-0.4, -0.2) is 43.7 Å². The van der Waals surface area contributed by atoms with E-state index < -0.39 is 0 Å². The number of methoxy groups -OCH3 is 1. The van der Waals surface area contributed by atoms with Crippen LogP contribution in [0.25, 0.3) is 0 Å². The van der Waals surface area contributed by atoms with Gasteiger partial charge in [-0.3, -0.25) is 4.79 Å².